The number of hydrogen-bond acceptors (Lipinski definition) is 11. The highest BCUT2D eigenvalue weighted by molar-refractivity contribution is 5.87. The van der Waals surface area contributed by atoms with Crippen LogP contribution in [0.4, 0.5) is 27.7 Å². The summed E-state index contributed by atoms with van der Waals surface area (Å²) < 4.78 is 17.8. The smallest absolute Gasteiger partial charge is 0.229 e. The van der Waals surface area contributed by atoms with E-state index in [4.69, 9.17) is 9.97 Å². The van der Waals surface area contributed by atoms with Crippen LogP contribution in [0.2, 0.25) is 0 Å². The molecule has 2 fully saturated rings. The van der Waals surface area contributed by atoms with Gasteiger partial charge < -0.3 is 25.0 Å². The van der Waals surface area contributed by atoms with Gasteiger partial charge in [-0.1, -0.05) is 26.0 Å². The molecule has 0 spiro atoms. The van der Waals surface area contributed by atoms with Gasteiger partial charge in [0.15, 0.2) is 5.82 Å². The normalized spacial score (nSPS) is 16.3. The maximum atomic E-state index is 15.7. The number of pyridine rings is 2. The zero-order chi connectivity index (χ0) is 36.2. The first-order chi connectivity index (χ1) is 25.3. The minimum Gasteiger partial charge on any atom is -0.337 e. The van der Waals surface area contributed by atoms with Gasteiger partial charge in [0, 0.05) is 89.4 Å². The molecule has 14 heteroatoms. The Balaban J connectivity index is 0.00000481. The Bertz CT molecular complexity index is 1950. The Hall–Kier alpha value is -4.27. The standard InChI is InChI=1S/C39H51FN12.ClH/c1-6-48-12-16-50(17-13-48)25-29-8-10-35(41-22-29)45-33-24-43-39(46-36-11-9-30(23-42-36)26-51-18-14-49(7-2)15-19-51)47-37(33)31-20-32(40)38-34(21-31)52(27(3)4)28(5)44-38;/h8-11,20-24,27H,6-7,12-19,25-26H2,1-5H3,(H,41,45)(H,42,43,46,47);1H. The van der Waals surface area contributed by atoms with Gasteiger partial charge in [0.1, 0.15) is 23.0 Å². The molecule has 7 rings (SSSR count). The average Bonchev–Trinajstić information content (AvgIpc) is 3.51. The quantitative estimate of drug-likeness (QED) is 0.147. The molecular weight excluding hydrogens is 691 g/mol. The van der Waals surface area contributed by atoms with Crippen LogP contribution < -0.4 is 10.6 Å². The number of rotatable bonds is 12. The van der Waals surface area contributed by atoms with Crippen molar-refractivity contribution in [3.63, 3.8) is 0 Å². The Kier molecular flexibility index (Phi) is 12.5. The molecule has 0 unspecified atom stereocenters. The molecule has 2 N–H and O–H groups in total. The minimum atomic E-state index is -0.398. The van der Waals surface area contributed by atoms with Crippen LogP contribution in [0.1, 0.15) is 50.7 Å². The van der Waals surface area contributed by atoms with Gasteiger partial charge >= 0.3 is 0 Å². The summed E-state index contributed by atoms with van der Waals surface area (Å²) in [6.45, 7) is 23.1. The Morgan fingerprint density at radius 1 is 0.698 bits per heavy atom. The number of fused-ring (bicyclic) bond motifs is 1. The molecule has 0 amide bonds. The third-order valence-corrected chi connectivity index (χ3v) is 10.3. The maximum absolute atomic E-state index is 15.7. The van der Waals surface area contributed by atoms with Gasteiger partial charge in [-0.3, -0.25) is 9.80 Å². The number of aromatic nitrogens is 6. The molecule has 5 aromatic rings. The summed E-state index contributed by atoms with van der Waals surface area (Å²) in [5, 5.41) is 6.69. The number of halogens is 2. The van der Waals surface area contributed by atoms with Gasteiger partial charge in [0.25, 0.3) is 0 Å². The van der Waals surface area contributed by atoms with Gasteiger partial charge in [-0.15, -0.1) is 12.4 Å². The van der Waals surface area contributed by atoms with E-state index in [9.17, 15) is 0 Å². The number of nitrogens with one attached hydrogen (secondary N) is 2. The molecule has 1 aromatic carbocycles. The predicted molar refractivity (Wildman–Crippen MR) is 213 cm³/mol. The molecule has 282 valence electrons. The summed E-state index contributed by atoms with van der Waals surface area (Å²) in [6, 6.07) is 11.7. The number of benzene rings is 1. The molecule has 53 heavy (non-hydrogen) atoms. The van der Waals surface area contributed by atoms with Crippen molar-refractivity contribution in [1.29, 1.82) is 0 Å². The van der Waals surface area contributed by atoms with Gasteiger partial charge in [-0.25, -0.2) is 29.3 Å². The Morgan fingerprint density at radius 3 is 1.75 bits per heavy atom. The second kappa shape index (κ2) is 17.3. The predicted octanol–water partition coefficient (Wildman–Crippen LogP) is 6.50. The first-order valence-electron chi connectivity index (χ1n) is 18.6. The van der Waals surface area contributed by atoms with E-state index in [0.29, 0.717) is 40.0 Å². The van der Waals surface area contributed by atoms with E-state index in [1.165, 1.54) is 6.07 Å². The van der Waals surface area contributed by atoms with Crippen molar-refractivity contribution in [2.75, 3.05) is 76.1 Å². The third kappa shape index (κ3) is 9.10. The Morgan fingerprint density at radius 2 is 1.25 bits per heavy atom. The van der Waals surface area contributed by atoms with Gasteiger partial charge in [0.05, 0.1) is 23.1 Å². The van der Waals surface area contributed by atoms with Crippen LogP contribution in [0.15, 0.2) is 55.0 Å². The fraction of sp³-hybridized carbons (Fsp3) is 0.462. The van der Waals surface area contributed by atoms with Crippen LogP contribution >= 0.6 is 12.4 Å². The molecule has 0 atom stereocenters. The van der Waals surface area contributed by atoms with Crippen molar-refractivity contribution in [3.05, 3.63) is 77.8 Å². The average molecular weight is 743 g/mol. The topological polar surface area (TPSA) is 106 Å². The molecule has 6 heterocycles. The number of anilines is 4. The second-order valence-electron chi connectivity index (χ2n) is 14.2. The SMILES string of the molecule is CCN1CCN(Cc2ccc(Nc3ncc(Nc4ccc(CN5CCN(CC)CC5)cn4)c(-c4cc(F)c5nc(C)n(C(C)C)c5c4)n3)nc2)CC1.Cl. The van der Waals surface area contributed by atoms with Crippen LogP contribution in [0, 0.1) is 12.7 Å². The fourth-order valence-electron chi connectivity index (χ4n) is 7.29. The van der Waals surface area contributed by atoms with Crippen LogP contribution in [0.3, 0.4) is 0 Å². The molecule has 4 aromatic heterocycles. The largest absolute Gasteiger partial charge is 0.337 e. The molecule has 2 saturated heterocycles. The highest BCUT2D eigenvalue weighted by Crippen LogP contribution is 2.34. The van der Waals surface area contributed by atoms with Crippen molar-refractivity contribution in [2.24, 2.45) is 0 Å². The number of nitrogens with zero attached hydrogens (tertiary/aromatic N) is 10. The molecule has 0 aliphatic carbocycles. The zero-order valence-electron chi connectivity index (χ0n) is 31.5. The lowest BCUT2D eigenvalue weighted by Gasteiger charge is -2.33. The van der Waals surface area contributed by atoms with E-state index in [-0.39, 0.29) is 18.4 Å². The number of aryl methyl sites for hydroxylation is 1. The number of likely N-dealkylation sites (N-methyl/N-ethyl adjacent to an activating group) is 2. The monoisotopic (exact) mass is 742 g/mol. The van der Waals surface area contributed by atoms with E-state index in [2.05, 4.69) is 85.0 Å². The molecule has 0 bridgehead atoms. The van der Waals surface area contributed by atoms with Gasteiger partial charge in [-0.05, 0) is 69.3 Å². The van der Waals surface area contributed by atoms with E-state index >= 15 is 4.39 Å². The van der Waals surface area contributed by atoms with Crippen molar-refractivity contribution in [2.45, 2.75) is 53.8 Å². The number of imidazole rings is 1. The lowest BCUT2D eigenvalue weighted by molar-refractivity contribution is 0.132. The highest BCUT2D eigenvalue weighted by Gasteiger charge is 2.20. The summed E-state index contributed by atoms with van der Waals surface area (Å²) >= 11 is 0. The van der Waals surface area contributed by atoms with Crippen molar-refractivity contribution >= 4 is 46.7 Å². The summed E-state index contributed by atoms with van der Waals surface area (Å²) in [7, 11) is 0. The molecule has 12 nitrogen and oxygen atoms in total. The summed E-state index contributed by atoms with van der Waals surface area (Å²) in [5.41, 5.74) is 5.14. The van der Waals surface area contributed by atoms with Crippen molar-refractivity contribution < 1.29 is 4.39 Å². The van der Waals surface area contributed by atoms with Crippen LogP contribution in [-0.4, -0.2) is 115 Å². The van der Waals surface area contributed by atoms with E-state index in [0.717, 1.165) is 101 Å². The number of piperazine rings is 2. The summed E-state index contributed by atoms with van der Waals surface area (Å²) in [5.74, 6) is 2.01. The molecule has 2 aliphatic rings. The first-order valence-corrected chi connectivity index (χ1v) is 18.6. The molecular formula is C39H52ClFN12. The summed E-state index contributed by atoms with van der Waals surface area (Å²) in [6.07, 6.45) is 5.54. The van der Waals surface area contributed by atoms with Gasteiger partial charge in [0.2, 0.25) is 5.95 Å². The first kappa shape index (κ1) is 38.5. The van der Waals surface area contributed by atoms with E-state index in [1.54, 1.807) is 6.20 Å². The van der Waals surface area contributed by atoms with Crippen molar-refractivity contribution in [1.82, 2.24) is 49.1 Å². The summed E-state index contributed by atoms with van der Waals surface area (Å²) in [4.78, 5) is 33.4. The van der Waals surface area contributed by atoms with Gasteiger partial charge in [-0.2, -0.15) is 0 Å². The number of hydrogen-bond donors (Lipinski definition) is 2. The van der Waals surface area contributed by atoms with Crippen molar-refractivity contribution in [3.8, 4) is 11.3 Å². The molecule has 2 aliphatic heterocycles. The minimum absolute atomic E-state index is 0. The lowest BCUT2D eigenvalue weighted by Crippen LogP contribution is -2.45. The lowest BCUT2D eigenvalue weighted by atomic mass is 10.1. The van der Waals surface area contributed by atoms with E-state index < -0.39 is 5.82 Å². The van der Waals surface area contributed by atoms with Crippen LogP contribution in [-0.2, 0) is 13.1 Å². The van der Waals surface area contributed by atoms with Crippen LogP contribution in [0.25, 0.3) is 22.3 Å². The highest BCUT2D eigenvalue weighted by atomic mass is 35.5. The van der Waals surface area contributed by atoms with E-state index in [1.807, 2.05) is 42.1 Å². The second-order valence-corrected chi connectivity index (χ2v) is 14.2. The fourth-order valence-corrected chi connectivity index (χ4v) is 7.29. The van der Waals surface area contributed by atoms with Crippen LogP contribution in [0.5, 0.6) is 0 Å². The Labute approximate surface area is 318 Å². The molecule has 0 saturated carbocycles. The molecule has 0 radical (unpaired) electrons. The zero-order valence-corrected chi connectivity index (χ0v) is 32.3. The third-order valence-electron chi connectivity index (χ3n) is 10.3. The maximum Gasteiger partial charge on any atom is 0.229 e.